The lowest BCUT2D eigenvalue weighted by Crippen LogP contribution is -2.28. The fraction of sp³-hybridized carbons (Fsp3) is 0.744. The largest absolute Gasteiger partial charge is 0.480 e. The molecule has 0 radical (unpaired) electrons. The van der Waals surface area contributed by atoms with Crippen LogP contribution in [0.1, 0.15) is 194 Å². The molecule has 0 saturated carbocycles. The van der Waals surface area contributed by atoms with Crippen LogP contribution in [0, 0.1) is 0 Å². The third-order valence-corrected chi connectivity index (χ3v) is 8.75. The molecule has 2 N–H and O–H groups in total. The first-order valence-electron chi connectivity index (χ1n) is 20.3. The van der Waals surface area contributed by atoms with Crippen molar-refractivity contribution in [3.05, 3.63) is 48.6 Å². The summed E-state index contributed by atoms with van der Waals surface area (Å²) < 4.78 is 5.90. The van der Waals surface area contributed by atoms with Gasteiger partial charge in [-0.1, -0.05) is 172 Å². The number of hydrogen-bond donors (Lipinski definition) is 2. The Hall–Kier alpha value is -2.63. The first kappa shape index (κ1) is 46.4. The standard InChI is InChI=1S/C43H75NO5/c1-3-5-7-9-11-13-15-16-17-18-19-21-23-25-30-34-38-43(48)49-40(35-31-27-24-22-20-14-12-10-8-6-4-2)36-32-28-26-29-33-37-41(45)44-39-42(46)47/h6,8,12,14,22,24,31,35,40H,3-5,7,9-11,13,15-21,23,25-30,32-34,36-39H2,1-2H3,(H,44,45)(H,46,47)/b8-6-,14-12-,24-22-,35-31-. The Morgan fingerprint density at radius 2 is 0.980 bits per heavy atom. The molecule has 0 aromatic rings. The Morgan fingerprint density at radius 1 is 0.551 bits per heavy atom. The number of hydrogen-bond acceptors (Lipinski definition) is 4. The lowest BCUT2D eigenvalue weighted by molar-refractivity contribution is -0.147. The third kappa shape index (κ3) is 38.0. The second kappa shape index (κ2) is 38.2. The third-order valence-electron chi connectivity index (χ3n) is 8.75. The molecule has 0 heterocycles. The van der Waals surface area contributed by atoms with Gasteiger partial charge in [0.2, 0.25) is 5.91 Å². The Kier molecular flexibility index (Phi) is 36.1. The van der Waals surface area contributed by atoms with E-state index >= 15 is 0 Å². The van der Waals surface area contributed by atoms with Crippen molar-refractivity contribution in [2.24, 2.45) is 0 Å². The zero-order chi connectivity index (χ0) is 35.9. The number of amides is 1. The van der Waals surface area contributed by atoms with Gasteiger partial charge in [-0.25, -0.2) is 0 Å². The van der Waals surface area contributed by atoms with Gasteiger partial charge in [0.25, 0.3) is 0 Å². The number of aliphatic carboxylic acids is 1. The maximum Gasteiger partial charge on any atom is 0.322 e. The first-order valence-corrected chi connectivity index (χ1v) is 20.3. The van der Waals surface area contributed by atoms with Crippen LogP contribution < -0.4 is 5.32 Å². The van der Waals surface area contributed by atoms with Crippen molar-refractivity contribution in [3.63, 3.8) is 0 Å². The van der Waals surface area contributed by atoms with Gasteiger partial charge in [-0.3, -0.25) is 14.4 Å². The van der Waals surface area contributed by atoms with E-state index < -0.39 is 5.97 Å². The van der Waals surface area contributed by atoms with Gasteiger partial charge in [0.05, 0.1) is 0 Å². The van der Waals surface area contributed by atoms with Crippen molar-refractivity contribution in [2.75, 3.05) is 6.54 Å². The molecule has 0 aliphatic rings. The van der Waals surface area contributed by atoms with Crippen molar-refractivity contribution >= 4 is 17.8 Å². The molecule has 0 bridgehead atoms. The van der Waals surface area contributed by atoms with Gasteiger partial charge in [0.15, 0.2) is 0 Å². The molecule has 0 fully saturated rings. The quantitative estimate of drug-likeness (QED) is 0.0389. The van der Waals surface area contributed by atoms with E-state index in [-0.39, 0.29) is 24.5 Å². The lowest BCUT2D eigenvalue weighted by atomic mass is 10.0. The molecule has 0 spiro atoms. The van der Waals surface area contributed by atoms with Gasteiger partial charge >= 0.3 is 11.9 Å². The highest BCUT2D eigenvalue weighted by atomic mass is 16.5. The van der Waals surface area contributed by atoms with Gasteiger partial charge in [0, 0.05) is 12.8 Å². The molecule has 282 valence electrons. The molecule has 1 atom stereocenters. The summed E-state index contributed by atoms with van der Waals surface area (Å²) in [4.78, 5) is 34.9. The monoisotopic (exact) mass is 686 g/mol. The van der Waals surface area contributed by atoms with Crippen LogP contribution >= 0.6 is 0 Å². The number of esters is 1. The zero-order valence-corrected chi connectivity index (χ0v) is 31.8. The van der Waals surface area contributed by atoms with E-state index in [2.05, 4.69) is 61.7 Å². The summed E-state index contributed by atoms with van der Waals surface area (Å²) in [6.45, 7) is 4.10. The van der Waals surface area contributed by atoms with Gasteiger partial charge in [-0.05, 0) is 57.4 Å². The molecule has 0 aliphatic heterocycles. The van der Waals surface area contributed by atoms with Crippen LogP contribution in [-0.2, 0) is 19.1 Å². The van der Waals surface area contributed by atoms with Crippen LogP contribution in [0.15, 0.2) is 48.6 Å². The number of carbonyl (C=O) groups excluding carboxylic acids is 2. The predicted molar refractivity (Wildman–Crippen MR) is 208 cm³/mol. The van der Waals surface area contributed by atoms with Crippen LogP contribution in [0.25, 0.3) is 0 Å². The summed E-state index contributed by atoms with van der Waals surface area (Å²) >= 11 is 0. The van der Waals surface area contributed by atoms with Gasteiger partial charge < -0.3 is 15.2 Å². The molecular formula is C43H75NO5. The maximum absolute atomic E-state index is 12.7. The lowest BCUT2D eigenvalue weighted by Gasteiger charge is -2.14. The molecule has 6 heteroatoms. The van der Waals surface area contributed by atoms with E-state index in [9.17, 15) is 14.4 Å². The predicted octanol–water partition coefficient (Wildman–Crippen LogP) is 12.3. The molecular weight excluding hydrogens is 610 g/mol. The molecule has 0 aromatic carbocycles. The average Bonchev–Trinajstić information content (AvgIpc) is 3.08. The van der Waals surface area contributed by atoms with Crippen LogP contribution in [-0.4, -0.2) is 35.6 Å². The van der Waals surface area contributed by atoms with Gasteiger partial charge in [0.1, 0.15) is 12.6 Å². The highest BCUT2D eigenvalue weighted by molar-refractivity contribution is 5.80. The van der Waals surface area contributed by atoms with Gasteiger partial charge in [-0.2, -0.15) is 0 Å². The summed E-state index contributed by atoms with van der Waals surface area (Å²) in [6, 6.07) is 0. The van der Waals surface area contributed by atoms with E-state index in [4.69, 9.17) is 9.84 Å². The van der Waals surface area contributed by atoms with E-state index in [0.717, 1.165) is 77.0 Å². The number of carboxylic acid groups (broad SMARTS) is 1. The number of rotatable bonds is 36. The average molecular weight is 686 g/mol. The zero-order valence-electron chi connectivity index (χ0n) is 31.8. The molecule has 0 aromatic heterocycles. The molecule has 0 rings (SSSR count). The minimum absolute atomic E-state index is 0.0924. The Morgan fingerprint density at radius 3 is 1.47 bits per heavy atom. The molecule has 6 nitrogen and oxygen atoms in total. The Labute approximate surface area is 301 Å². The van der Waals surface area contributed by atoms with E-state index in [1.165, 1.54) is 89.9 Å². The SMILES string of the molecule is CC/C=C\C/C=C\C/C=C\C/C=C\C(CCCCCCCC(=O)NCC(=O)O)OC(=O)CCCCCCCCCCCCCCCCCC. The topological polar surface area (TPSA) is 92.7 Å². The summed E-state index contributed by atoms with van der Waals surface area (Å²) in [7, 11) is 0. The van der Waals surface area contributed by atoms with Crippen molar-refractivity contribution in [1.82, 2.24) is 5.32 Å². The van der Waals surface area contributed by atoms with E-state index in [1.807, 2.05) is 6.08 Å². The number of unbranched alkanes of at least 4 members (excludes halogenated alkanes) is 19. The second-order valence-electron chi connectivity index (χ2n) is 13.5. The highest BCUT2D eigenvalue weighted by Gasteiger charge is 2.11. The first-order chi connectivity index (χ1) is 24.0. The summed E-state index contributed by atoms with van der Waals surface area (Å²) in [5.41, 5.74) is 0. The molecule has 0 saturated heterocycles. The summed E-state index contributed by atoms with van der Waals surface area (Å²) in [6.07, 6.45) is 48.2. The van der Waals surface area contributed by atoms with E-state index in [0.29, 0.717) is 12.8 Å². The minimum Gasteiger partial charge on any atom is -0.480 e. The maximum atomic E-state index is 12.7. The molecule has 0 aliphatic carbocycles. The van der Waals surface area contributed by atoms with Crippen molar-refractivity contribution in [2.45, 2.75) is 200 Å². The number of ether oxygens (including phenoxy) is 1. The van der Waals surface area contributed by atoms with Crippen molar-refractivity contribution in [3.8, 4) is 0 Å². The Bertz CT molecular complexity index is 891. The smallest absolute Gasteiger partial charge is 0.322 e. The van der Waals surface area contributed by atoms with Crippen molar-refractivity contribution in [1.29, 1.82) is 0 Å². The summed E-state index contributed by atoms with van der Waals surface area (Å²) in [5.74, 6) is -1.33. The van der Waals surface area contributed by atoms with Crippen LogP contribution in [0.4, 0.5) is 0 Å². The Balaban J connectivity index is 4.24. The van der Waals surface area contributed by atoms with Crippen LogP contribution in [0.2, 0.25) is 0 Å². The molecule has 49 heavy (non-hydrogen) atoms. The molecule has 1 unspecified atom stereocenters. The number of nitrogens with one attached hydrogen (secondary N) is 1. The van der Waals surface area contributed by atoms with E-state index in [1.54, 1.807) is 0 Å². The van der Waals surface area contributed by atoms with Crippen LogP contribution in [0.3, 0.4) is 0 Å². The van der Waals surface area contributed by atoms with Gasteiger partial charge in [-0.15, -0.1) is 0 Å². The van der Waals surface area contributed by atoms with Crippen LogP contribution in [0.5, 0.6) is 0 Å². The summed E-state index contributed by atoms with van der Waals surface area (Å²) in [5, 5.41) is 11.1. The normalized spacial score (nSPS) is 12.5. The number of carboxylic acids is 1. The number of allylic oxidation sites excluding steroid dienone is 7. The molecule has 1 amide bonds. The fourth-order valence-electron chi connectivity index (χ4n) is 5.78. The fourth-order valence-corrected chi connectivity index (χ4v) is 5.78. The second-order valence-corrected chi connectivity index (χ2v) is 13.5. The van der Waals surface area contributed by atoms with Crippen molar-refractivity contribution < 1.29 is 24.2 Å². The highest BCUT2D eigenvalue weighted by Crippen LogP contribution is 2.16. The minimum atomic E-state index is -1.03. The number of carbonyl (C=O) groups is 3.